The minimum absolute atomic E-state index is 0.0354. The minimum Gasteiger partial charge on any atom is -0.504 e. The Morgan fingerprint density at radius 3 is 2.83 bits per heavy atom. The summed E-state index contributed by atoms with van der Waals surface area (Å²) in [4.78, 5) is 16.2. The summed E-state index contributed by atoms with van der Waals surface area (Å²) >= 11 is 6.10. The van der Waals surface area contributed by atoms with Gasteiger partial charge in [-0.2, -0.15) is 0 Å². The third kappa shape index (κ3) is 3.26. The zero-order valence-corrected chi connectivity index (χ0v) is 13.6. The van der Waals surface area contributed by atoms with Gasteiger partial charge in [0.15, 0.2) is 17.2 Å². The molecule has 0 spiro atoms. The number of benzene rings is 2. The van der Waals surface area contributed by atoms with E-state index < -0.39 is 5.97 Å². The highest BCUT2D eigenvalue weighted by Gasteiger charge is 2.25. The van der Waals surface area contributed by atoms with E-state index in [0.717, 1.165) is 0 Å². The number of nitrogens with zero attached hydrogens (tertiary/aromatic N) is 1. The van der Waals surface area contributed by atoms with Gasteiger partial charge in [-0.15, -0.1) is 0 Å². The topological polar surface area (TPSA) is 68.1 Å². The van der Waals surface area contributed by atoms with Crippen molar-refractivity contribution in [3.05, 3.63) is 64.3 Å². The Morgan fingerprint density at radius 1 is 1.29 bits per heavy atom. The van der Waals surface area contributed by atoms with E-state index in [4.69, 9.17) is 21.1 Å². The molecule has 1 aliphatic heterocycles. The highest BCUT2D eigenvalue weighted by molar-refractivity contribution is 6.34. The number of halogens is 1. The molecule has 0 atom stereocenters. The second-order valence-electron chi connectivity index (χ2n) is 4.98. The average molecular weight is 344 g/mol. The molecule has 0 amide bonds. The molecule has 3 rings (SSSR count). The Hall–Kier alpha value is -2.79. The summed E-state index contributed by atoms with van der Waals surface area (Å²) in [5, 5.41) is 10.2. The van der Waals surface area contributed by atoms with E-state index in [1.807, 2.05) is 6.92 Å². The van der Waals surface area contributed by atoms with Crippen molar-refractivity contribution in [2.75, 3.05) is 6.61 Å². The molecule has 1 heterocycles. The number of phenols is 1. The first-order chi connectivity index (χ1) is 11.6. The van der Waals surface area contributed by atoms with E-state index in [9.17, 15) is 9.90 Å². The van der Waals surface area contributed by atoms with Crippen LogP contribution in [-0.2, 0) is 9.53 Å². The molecule has 0 fully saturated rings. The Kier molecular flexibility index (Phi) is 4.53. The van der Waals surface area contributed by atoms with Gasteiger partial charge < -0.3 is 14.6 Å². The maximum Gasteiger partial charge on any atom is 0.363 e. The standard InChI is InChI=1S/C18H14ClNO4/c1-2-23-16-10-11(7-8-15(16)21)9-14-18(22)24-17(20-14)12-5-3-4-6-13(12)19/h3-10,21H,2H2,1H3/b14-9+. The fourth-order valence-electron chi connectivity index (χ4n) is 2.21. The van der Waals surface area contributed by atoms with Crippen molar-refractivity contribution in [3.63, 3.8) is 0 Å². The maximum atomic E-state index is 12.0. The summed E-state index contributed by atoms with van der Waals surface area (Å²) < 4.78 is 10.5. The van der Waals surface area contributed by atoms with Crippen LogP contribution in [0.4, 0.5) is 0 Å². The maximum absolute atomic E-state index is 12.0. The van der Waals surface area contributed by atoms with E-state index in [1.165, 1.54) is 6.07 Å². The Labute approximate surface area is 143 Å². The molecular weight excluding hydrogens is 330 g/mol. The van der Waals surface area contributed by atoms with Crippen molar-refractivity contribution in [1.82, 2.24) is 0 Å². The molecule has 1 N–H and O–H groups in total. The van der Waals surface area contributed by atoms with Gasteiger partial charge in [0.2, 0.25) is 5.90 Å². The Morgan fingerprint density at radius 2 is 2.08 bits per heavy atom. The normalized spacial score (nSPS) is 15.3. The number of cyclic esters (lactones) is 1. The summed E-state index contributed by atoms with van der Waals surface area (Å²) in [6, 6.07) is 11.8. The molecule has 6 heteroatoms. The minimum atomic E-state index is -0.559. The molecule has 0 saturated carbocycles. The molecule has 0 unspecified atom stereocenters. The van der Waals surface area contributed by atoms with E-state index in [0.29, 0.717) is 28.5 Å². The molecule has 0 radical (unpaired) electrons. The second kappa shape index (κ2) is 6.76. The lowest BCUT2D eigenvalue weighted by Crippen LogP contribution is -2.05. The van der Waals surface area contributed by atoms with Crippen LogP contribution in [0, 0.1) is 0 Å². The highest BCUT2D eigenvalue weighted by atomic mass is 35.5. The first-order valence-electron chi connectivity index (χ1n) is 7.31. The van der Waals surface area contributed by atoms with Gasteiger partial charge in [0.1, 0.15) is 0 Å². The van der Waals surface area contributed by atoms with Gasteiger partial charge in [0.05, 0.1) is 17.2 Å². The number of carbonyl (C=O) groups is 1. The zero-order valence-electron chi connectivity index (χ0n) is 12.8. The Balaban J connectivity index is 1.94. The van der Waals surface area contributed by atoms with Crippen molar-refractivity contribution in [1.29, 1.82) is 0 Å². The van der Waals surface area contributed by atoms with Crippen LogP contribution in [0.3, 0.4) is 0 Å². The van der Waals surface area contributed by atoms with Gasteiger partial charge in [-0.05, 0) is 42.8 Å². The van der Waals surface area contributed by atoms with Gasteiger partial charge in [0.25, 0.3) is 0 Å². The number of phenolic OH excluding ortho intramolecular Hbond substituents is 1. The summed E-state index contributed by atoms with van der Waals surface area (Å²) in [6.07, 6.45) is 1.56. The zero-order chi connectivity index (χ0) is 17.1. The van der Waals surface area contributed by atoms with E-state index >= 15 is 0 Å². The smallest absolute Gasteiger partial charge is 0.363 e. The van der Waals surface area contributed by atoms with Gasteiger partial charge in [-0.25, -0.2) is 9.79 Å². The second-order valence-corrected chi connectivity index (χ2v) is 5.38. The molecule has 24 heavy (non-hydrogen) atoms. The van der Waals surface area contributed by atoms with Gasteiger partial charge in [-0.1, -0.05) is 29.8 Å². The van der Waals surface area contributed by atoms with Crippen LogP contribution in [0.1, 0.15) is 18.1 Å². The van der Waals surface area contributed by atoms with Gasteiger partial charge in [0, 0.05) is 0 Å². The summed E-state index contributed by atoms with van der Waals surface area (Å²) in [5.74, 6) is -0.0154. The molecule has 0 saturated heterocycles. The fourth-order valence-corrected chi connectivity index (χ4v) is 2.43. The van der Waals surface area contributed by atoms with Crippen LogP contribution in [0.2, 0.25) is 5.02 Å². The SMILES string of the molecule is CCOc1cc(/C=C2/N=C(c3ccccc3Cl)OC2=O)ccc1O. The number of ether oxygens (including phenoxy) is 2. The third-order valence-electron chi connectivity index (χ3n) is 3.31. The molecule has 1 aliphatic rings. The van der Waals surface area contributed by atoms with E-state index in [1.54, 1.807) is 42.5 Å². The van der Waals surface area contributed by atoms with Crippen LogP contribution in [0.25, 0.3) is 6.08 Å². The van der Waals surface area contributed by atoms with Crippen LogP contribution in [0.15, 0.2) is 53.2 Å². The van der Waals surface area contributed by atoms with Crippen molar-refractivity contribution >= 4 is 29.5 Å². The number of aliphatic imine (C=N–C) groups is 1. The molecule has 0 aromatic heterocycles. The van der Waals surface area contributed by atoms with Crippen LogP contribution >= 0.6 is 11.6 Å². The molecular formula is C18H14ClNO4. The van der Waals surface area contributed by atoms with E-state index in [2.05, 4.69) is 4.99 Å². The number of esters is 1. The Bertz CT molecular complexity index is 858. The van der Waals surface area contributed by atoms with Crippen molar-refractivity contribution in [2.45, 2.75) is 6.92 Å². The third-order valence-corrected chi connectivity index (χ3v) is 3.64. The lowest BCUT2D eigenvalue weighted by Gasteiger charge is -2.06. The lowest BCUT2D eigenvalue weighted by atomic mass is 10.1. The predicted molar refractivity (Wildman–Crippen MR) is 91.3 cm³/mol. The number of hydrogen-bond donors (Lipinski definition) is 1. The van der Waals surface area contributed by atoms with Gasteiger partial charge in [-0.3, -0.25) is 0 Å². The summed E-state index contributed by atoms with van der Waals surface area (Å²) in [7, 11) is 0. The molecule has 0 bridgehead atoms. The number of aromatic hydroxyl groups is 1. The van der Waals surface area contributed by atoms with Crippen LogP contribution in [0.5, 0.6) is 11.5 Å². The number of carbonyl (C=O) groups excluding carboxylic acids is 1. The molecule has 2 aromatic carbocycles. The molecule has 122 valence electrons. The number of rotatable bonds is 4. The molecule has 0 aliphatic carbocycles. The lowest BCUT2D eigenvalue weighted by molar-refractivity contribution is -0.129. The van der Waals surface area contributed by atoms with Gasteiger partial charge >= 0.3 is 5.97 Å². The van der Waals surface area contributed by atoms with Crippen molar-refractivity contribution in [2.24, 2.45) is 4.99 Å². The fraction of sp³-hybridized carbons (Fsp3) is 0.111. The van der Waals surface area contributed by atoms with Crippen LogP contribution in [-0.4, -0.2) is 23.6 Å². The average Bonchev–Trinajstić information content (AvgIpc) is 2.92. The molecule has 2 aromatic rings. The van der Waals surface area contributed by atoms with Crippen LogP contribution < -0.4 is 4.74 Å². The molecule has 5 nitrogen and oxygen atoms in total. The first kappa shape index (κ1) is 16.1. The first-order valence-corrected chi connectivity index (χ1v) is 7.69. The monoisotopic (exact) mass is 343 g/mol. The largest absolute Gasteiger partial charge is 0.504 e. The summed E-state index contributed by atoms with van der Waals surface area (Å²) in [5.41, 5.74) is 1.36. The number of hydrogen-bond acceptors (Lipinski definition) is 5. The summed E-state index contributed by atoms with van der Waals surface area (Å²) in [6.45, 7) is 2.24. The quantitative estimate of drug-likeness (QED) is 0.677. The van der Waals surface area contributed by atoms with E-state index in [-0.39, 0.29) is 17.3 Å². The highest BCUT2D eigenvalue weighted by Crippen LogP contribution is 2.29. The predicted octanol–water partition coefficient (Wildman–Crippen LogP) is 3.79. The van der Waals surface area contributed by atoms with Crippen molar-refractivity contribution in [3.8, 4) is 11.5 Å². The van der Waals surface area contributed by atoms with Crippen molar-refractivity contribution < 1.29 is 19.4 Å².